The first-order valence-corrected chi connectivity index (χ1v) is 5.72. The number of hydrogen-bond acceptors (Lipinski definition) is 4. The maximum atomic E-state index is 10.8. The second kappa shape index (κ2) is 4.33. The highest BCUT2D eigenvalue weighted by Gasteiger charge is 2.10. The molecule has 0 spiro atoms. The molecule has 2 aromatic heterocycles. The molecule has 3 rings (SSSR count). The van der Waals surface area contributed by atoms with Crippen molar-refractivity contribution in [3.63, 3.8) is 0 Å². The SMILES string of the molecule is O=C(O)c1ccc(-n2ncc3c(Cl)ncnc32)cc1. The van der Waals surface area contributed by atoms with E-state index in [0.717, 1.165) is 0 Å². The van der Waals surface area contributed by atoms with Gasteiger partial charge in [0.25, 0.3) is 0 Å². The maximum absolute atomic E-state index is 10.8. The van der Waals surface area contributed by atoms with Gasteiger partial charge in [-0.3, -0.25) is 0 Å². The van der Waals surface area contributed by atoms with Gasteiger partial charge in [0, 0.05) is 0 Å². The second-order valence-electron chi connectivity index (χ2n) is 3.81. The minimum atomic E-state index is -0.970. The molecule has 0 aliphatic rings. The van der Waals surface area contributed by atoms with Crippen LogP contribution in [0.25, 0.3) is 16.7 Å². The van der Waals surface area contributed by atoms with E-state index in [2.05, 4.69) is 15.1 Å². The maximum Gasteiger partial charge on any atom is 0.335 e. The Morgan fingerprint density at radius 2 is 1.95 bits per heavy atom. The number of carboxylic acid groups (broad SMARTS) is 1. The van der Waals surface area contributed by atoms with Crippen LogP contribution in [-0.2, 0) is 0 Å². The lowest BCUT2D eigenvalue weighted by molar-refractivity contribution is 0.0697. The summed E-state index contributed by atoms with van der Waals surface area (Å²) in [6, 6.07) is 6.33. The van der Waals surface area contributed by atoms with Crippen LogP contribution >= 0.6 is 11.6 Å². The zero-order chi connectivity index (χ0) is 13.4. The van der Waals surface area contributed by atoms with Crippen molar-refractivity contribution < 1.29 is 9.90 Å². The van der Waals surface area contributed by atoms with Crippen molar-refractivity contribution in [2.45, 2.75) is 0 Å². The molecule has 0 saturated carbocycles. The molecule has 6 nitrogen and oxygen atoms in total. The zero-order valence-corrected chi connectivity index (χ0v) is 10.2. The normalized spacial score (nSPS) is 10.8. The molecule has 3 aromatic rings. The summed E-state index contributed by atoms with van der Waals surface area (Å²) < 4.78 is 1.58. The largest absolute Gasteiger partial charge is 0.478 e. The molecule has 0 bridgehead atoms. The van der Waals surface area contributed by atoms with Crippen LogP contribution in [0.5, 0.6) is 0 Å². The predicted molar refractivity (Wildman–Crippen MR) is 68.6 cm³/mol. The van der Waals surface area contributed by atoms with Gasteiger partial charge in [0.15, 0.2) is 5.65 Å². The van der Waals surface area contributed by atoms with Crippen LogP contribution in [0.3, 0.4) is 0 Å². The van der Waals surface area contributed by atoms with E-state index in [9.17, 15) is 4.79 Å². The van der Waals surface area contributed by atoms with Gasteiger partial charge >= 0.3 is 5.97 Å². The van der Waals surface area contributed by atoms with E-state index in [1.807, 2.05) is 0 Å². The van der Waals surface area contributed by atoms with Crippen LogP contribution in [0, 0.1) is 0 Å². The molecule has 19 heavy (non-hydrogen) atoms. The number of aromatic nitrogens is 4. The van der Waals surface area contributed by atoms with E-state index in [1.165, 1.54) is 18.5 Å². The number of hydrogen-bond donors (Lipinski definition) is 1. The highest BCUT2D eigenvalue weighted by Crippen LogP contribution is 2.21. The number of rotatable bonds is 2. The fourth-order valence-electron chi connectivity index (χ4n) is 1.75. The third-order valence-electron chi connectivity index (χ3n) is 2.68. The molecule has 94 valence electrons. The van der Waals surface area contributed by atoms with Gasteiger partial charge in [-0.15, -0.1) is 0 Å². The average Bonchev–Trinajstić information content (AvgIpc) is 2.84. The molecule has 2 heterocycles. The Hall–Kier alpha value is -2.47. The standard InChI is InChI=1S/C12H7ClN4O2/c13-10-9-5-16-17(11(9)15-6-14-10)8-3-1-7(2-4-8)12(18)19/h1-6H,(H,18,19). The molecular weight excluding hydrogens is 268 g/mol. The third-order valence-corrected chi connectivity index (χ3v) is 2.98. The number of benzene rings is 1. The second-order valence-corrected chi connectivity index (χ2v) is 4.17. The fraction of sp³-hybridized carbons (Fsp3) is 0. The lowest BCUT2D eigenvalue weighted by atomic mass is 10.2. The minimum absolute atomic E-state index is 0.216. The summed E-state index contributed by atoms with van der Waals surface area (Å²) in [6.45, 7) is 0. The molecule has 0 radical (unpaired) electrons. The summed E-state index contributed by atoms with van der Waals surface area (Å²) in [5.41, 5.74) is 1.49. The van der Waals surface area contributed by atoms with Crippen LogP contribution < -0.4 is 0 Å². The average molecular weight is 275 g/mol. The van der Waals surface area contributed by atoms with Crippen molar-refractivity contribution in [3.05, 3.63) is 47.5 Å². The van der Waals surface area contributed by atoms with Crippen molar-refractivity contribution in [2.75, 3.05) is 0 Å². The molecule has 0 amide bonds. The van der Waals surface area contributed by atoms with E-state index in [-0.39, 0.29) is 5.56 Å². The number of carboxylic acids is 1. The van der Waals surface area contributed by atoms with Gasteiger partial charge in [-0.1, -0.05) is 11.6 Å². The Morgan fingerprint density at radius 1 is 1.21 bits per heavy atom. The summed E-state index contributed by atoms with van der Waals surface area (Å²) in [5.74, 6) is -0.970. The van der Waals surface area contributed by atoms with Crippen LogP contribution in [0.1, 0.15) is 10.4 Å². The number of nitrogens with zero attached hydrogens (tertiary/aromatic N) is 4. The van der Waals surface area contributed by atoms with Gasteiger partial charge < -0.3 is 5.11 Å². The quantitative estimate of drug-likeness (QED) is 0.724. The van der Waals surface area contributed by atoms with E-state index < -0.39 is 5.97 Å². The summed E-state index contributed by atoms with van der Waals surface area (Å²) in [6.07, 6.45) is 2.93. The molecule has 0 aliphatic heterocycles. The molecule has 0 atom stereocenters. The van der Waals surface area contributed by atoms with Crippen molar-refractivity contribution in [3.8, 4) is 5.69 Å². The first-order valence-electron chi connectivity index (χ1n) is 5.35. The zero-order valence-electron chi connectivity index (χ0n) is 9.49. The van der Waals surface area contributed by atoms with Gasteiger partial charge in [0.1, 0.15) is 11.5 Å². The Balaban J connectivity index is 2.14. The summed E-state index contributed by atoms with van der Waals surface area (Å²) in [4.78, 5) is 18.8. The van der Waals surface area contributed by atoms with Crippen LogP contribution in [0.4, 0.5) is 0 Å². The molecule has 0 unspecified atom stereocenters. The fourth-order valence-corrected chi connectivity index (χ4v) is 1.93. The summed E-state index contributed by atoms with van der Waals surface area (Å²) in [7, 11) is 0. The Bertz CT molecular complexity index is 767. The van der Waals surface area contributed by atoms with Crippen LogP contribution in [0.15, 0.2) is 36.8 Å². The first-order chi connectivity index (χ1) is 9.16. The minimum Gasteiger partial charge on any atom is -0.478 e. The molecule has 0 aliphatic carbocycles. The van der Waals surface area contributed by atoms with Gasteiger partial charge in [-0.25, -0.2) is 19.4 Å². The Kier molecular flexibility index (Phi) is 2.64. The lowest BCUT2D eigenvalue weighted by Gasteiger charge is -2.03. The van der Waals surface area contributed by atoms with E-state index >= 15 is 0 Å². The van der Waals surface area contributed by atoms with E-state index in [4.69, 9.17) is 16.7 Å². The highest BCUT2D eigenvalue weighted by molar-refractivity contribution is 6.33. The van der Waals surface area contributed by atoms with E-state index in [1.54, 1.807) is 23.0 Å². The smallest absolute Gasteiger partial charge is 0.335 e. The van der Waals surface area contributed by atoms with Gasteiger partial charge in [-0.2, -0.15) is 5.10 Å². The van der Waals surface area contributed by atoms with Crippen molar-refractivity contribution >= 4 is 28.6 Å². The van der Waals surface area contributed by atoms with Gasteiger partial charge in [0.2, 0.25) is 0 Å². The molecule has 1 aromatic carbocycles. The first kappa shape index (κ1) is 11.6. The molecule has 0 saturated heterocycles. The third kappa shape index (κ3) is 1.92. The highest BCUT2D eigenvalue weighted by atomic mass is 35.5. The molecular formula is C12H7ClN4O2. The van der Waals surface area contributed by atoms with Crippen molar-refractivity contribution in [1.82, 2.24) is 19.7 Å². The number of halogens is 1. The number of carbonyl (C=O) groups is 1. The molecule has 7 heteroatoms. The Morgan fingerprint density at radius 3 is 2.63 bits per heavy atom. The van der Waals surface area contributed by atoms with E-state index in [0.29, 0.717) is 21.9 Å². The molecule has 0 fully saturated rings. The molecule has 1 N–H and O–H groups in total. The van der Waals surface area contributed by atoms with Gasteiger partial charge in [-0.05, 0) is 24.3 Å². The summed E-state index contributed by atoms with van der Waals surface area (Å²) >= 11 is 5.94. The Labute approximate surface area is 112 Å². The lowest BCUT2D eigenvalue weighted by Crippen LogP contribution is -2.00. The van der Waals surface area contributed by atoms with Crippen molar-refractivity contribution in [1.29, 1.82) is 0 Å². The van der Waals surface area contributed by atoms with Crippen molar-refractivity contribution in [2.24, 2.45) is 0 Å². The predicted octanol–water partition coefficient (Wildman–Crippen LogP) is 2.17. The van der Waals surface area contributed by atoms with Gasteiger partial charge in [0.05, 0.1) is 22.8 Å². The number of fused-ring (bicyclic) bond motifs is 1. The number of aromatic carboxylic acids is 1. The van der Waals surface area contributed by atoms with Crippen LogP contribution in [0.2, 0.25) is 5.15 Å². The monoisotopic (exact) mass is 274 g/mol. The van der Waals surface area contributed by atoms with Crippen LogP contribution in [-0.4, -0.2) is 30.8 Å². The topological polar surface area (TPSA) is 80.9 Å². The summed E-state index contributed by atoms with van der Waals surface area (Å²) in [5, 5.41) is 14.0.